The summed E-state index contributed by atoms with van der Waals surface area (Å²) < 4.78 is 64.8. The molecule has 4 heterocycles. The monoisotopic (exact) mass is 529 g/mol. The molecule has 1 amide bonds. The van der Waals surface area contributed by atoms with E-state index in [1.165, 1.54) is 0 Å². The molecule has 0 saturated carbocycles. The molecule has 12 heteroatoms. The molecule has 2 aliphatic rings. The van der Waals surface area contributed by atoms with Crippen LogP contribution in [0.15, 0.2) is 41.6 Å². The van der Waals surface area contributed by atoms with Crippen molar-refractivity contribution in [2.45, 2.75) is 42.4 Å². The highest BCUT2D eigenvalue weighted by Gasteiger charge is 2.65. The third kappa shape index (κ3) is 5.06. The van der Waals surface area contributed by atoms with Crippen LogP contribution in [0.3, 0.4) is 0 Å². The van der Waals surface area contributed by atoms with Gasteiger partial charge in [0.1, 0.15) is 10.4 Å². The number of halogens is 5. The summed E-state index contributed by atoms with van der Waals surface area (Å²) in [6, 6.07) is 2.21. The largest absolute Gasteiger partial charge is 0.345 e. The highest BCUT2D eigenvalue weighted by atomic mass is 32.5. The van der Waals surface area contributed by atoms with Gasteiger partial charge in [0.2, 0.25) is 0 Å². The van der Waals surface area contributed by atoms with E-state index in [0.717, 1.165) is 60.5 Å². The molecule has 36 heavy (non-hydrogen) atoms. The van der Waals surface area contributed by atoms with Crippen molar-refractivity contribution in [2.24, 2.45) is 0 Å². The number of aromatic nitrogens is 3. The van der Waals surface area contributed by atoms with Crippen LogP contribution in [0.1, 0.15) is 59.1 Å². The Kier molecular flexibility index (Phi) is 5.64. The molecule has 0 atom stereocenters. The zero-order valence-corrected chi connectivity index (χ0v) is 20.6. The Hall–Kier alpha value is -2.73. The van der Waals surface area contributed by atoms with Crippen LogP contribution in [0.2, 0.25) is 0 Å². The Labute approximate surface area is 205 Å². The Balaban J connectivity index is 1.27. The van der Waals surface area contributed by atoms with Crippen LogP contribution in [0, 0.1) is 0 Å². The van der Waals surface area contributed by atoms with Gasteiger partial charge in [0.15, 0.2) is 5.65 Å². The molecule has 5 rings (SSSR count). The molecule has 0 bridgehead atoms. The topological polar surface area (TPSA) is 65.1 Å². The van der Waals surface area contributed by atoms with Crippen LogP contribution in [0.25, 0.3) is 11.2 Å². The number of carbonyl (C=O) groups is 1. The van der Waals surface area contributed by atoms with Crippen LogP contribution in [0.5, 0.6) is 0 Å². The Bertz CT molecular complexity index is 1280. The van der Waals surface area contributed by atoms with Crippen molar-refractivity contribution in [3.8, 4) is 0 Å². The predicted molar refractivity (Wildman–Crippen MR) is 129 cm³/mol. The molecule has 1 N–H and O–H groups in total. The van der Waals surface area contributed by atoms with Gasteiger partial charge in [-0.1, -0.05) is 19.4 Å². The number of carbonyl (C=O) groups excluding carboxylic acids is 1. The summed E-state index contributed by atoms with van der Waals surface area (Å²) in [5.74, 6) is 0.0663. The van der Waals surface area contributed by atoms with Gasteiger partial charge < -0.3 is 14.8 Å². The molecule has 1 aromatic carbocycles. The smallest absolute Gasteiger partial charge is 0.310 e. The van der Waals surface area contributed by atoms with E-state index in [2.05, 4.69) is 21.9 Å². The fraction of sp³-hybridized carbons (Fsp3) is 0.458. The SMILES string of the molecule is CN1CCC(c2cnc3[nH]cc(C4CCN(C(=O)c5ccc(S(F)(F)(F)(F)F)cc5)CC4)c3n2)CC1. The van der Waals surface area contributed by atoms with E-state index >= 15 is 0 Å². The van der Waals surface area contributed by atoms with Crippen LogP contribution in [0.4, 0.5) is 19.4 Å². The quantitative estimate of drug-likeness (QED) is 0.395. The van der Waals surface area contributed by atoms with E-state index in [4.69, 9.17) is 4.98 Å². The van der Waals surface area contributed by atoms with E-state index in [1.807, 2.05) is 12.4 Å². The normalized spacial score (nSPS) is 20.9. The van der Waals surface area contributed by atoms with Crippen molar-refractivity contribution in [3.05, 3.63) is 53.5 Å². The van der Waals surface area contributed by atoms with Crippen molar-refractivity contribution in [1.82, 2.24) is 24.8 Å². The molecule has 0 unspecified atom stereocenters. The first-order valence-corrected chi connectivity index (χ1v) is 13.9. The number of nitrogens with one attached hydrogen (secondary N) is 1. The molecule has 6 nitrogen and oxygen atoms in total. The van der Waals surface area contributed by atoms with E-state index < -0.39 is 21.0 Å². The van der Waals surface area contributed by atoms with Gasteiger partial charge in [-0.2, -0.15) is 0 Å². The lowest BCUT2D eigenvalue weighted by Gasteiger charge is -2.40. The minimum atomic E-state index is -9.76. The maximum absolute atomic E-state index is 13.0. The van der Waals surface area contributed by atoms with Crippen molar-refractivity contribution >= 4 is 27.3 Å². The van der Waals surface area contributed by atoms with Gasteiger partial charge in [0, 0.05) is 36.3 Å². The number of fused-ring (bicyclic) bond motifs is 1. The summed E-state index contributed by atoms with van der Waals surface area (Å²) in [6.45, 7) is 2.86. The van der Waals surface area contributed by atoms with Gasteiger partial charge in [-0.05, 0) is 76.0 Å². The maximum atomic E-state index is 13.0. The van der Waals surface area contributed by atoms with E-state index in [9.17, 15) is 24.2 Å². The van der Waals surface area contributed by atoms with Crippen LogP contribution < -0.4 is 0 Å². The minimum Gasteiger partial charge on any atom is -0.345 e. The third-order valence-corrected chi connectivity index (χ3v) is 8.50. The Morgan fingerprint density at radius 2 is 1.56 bits per heavy atom. The zero-order valence-electron chi connectivity index (χ0n) is 19.8. The first-order chi connectivity index (χ1) is 16.8. The summed E-state index contributed by atoms with van der Waals surface area (Å²) in [6.07, 6.45) is 7.16. The number of H-pyrrole nitrogens is 1. The lowest BCUT2D eigenvalue weighted by Crippen LogP contribution is -2.37. The van der Waals surface area contributed by atoms with Gasteiger partial charge >= 0.3 is 10.2 Å². The first-order valence-electron chi connectivity index (χ1n) is 11.9. The number of likely N-dealkylation sites (tertiary alicyclic amines) is 2. The number of piperidine rings is 2. The van der Waals surface area contributed by atoms with Gasteiger partial charge in [0.05, 0.1) is 11.9 Å². The van der Waals surface area contributed by atoms with Crippen molar-refractivity contribution in [1.29, 1.82) is 0 Å². The number of benzene rings is 1. The molecule has 2 saturated heterocycles. The number of hydrogen-bond acceptors (Lipinski definition) is 4. The van der Waals surface area contributed by atoms with Gasteiger partial charge in [-0.15, -0.1) is 0 Å². The summed E-state index contributed by atoms with van der Waals surface area (Å²) >= 11 is 0. The number of amides is 1. The lowest BCUT2D eigenvalue weighted by molar-refractivity contribution is 0.0713. The molecule has 2 aliphatic heterocycles. The second-order valence-electron chi connectivity index (χ2n) is 9.87. The molecular weight excluding hydrogens is 501 g/mol. The number of nitrogens with zero attached hydrogens (tertiary/aromatic N) is 4. The standard InChI is InChI=1S/C24H28F5N5OS/c1-33-10-6-17(7-11-33)21-15-31-23-22(32-21)20(14-30-23)16-8-12-34(13-9-16)24(35)18-2-4-19(5-3-18)36(25,26,27,28)29/h2-5,14-17H,6-13H2,1H3,(H,30,31). The number of aromatic amines is 1. The summed E-state index contributed by atoms with van der Waals surface area (Å²) in [5, 5.41) is 0. The van der Waals surface area contributed by atoms with Crippen molar-refractivity contribution < 1.29 is 24.2 Å². The maximum Gasteiger partial charge on any atom is 0.310 e. The second kappa shape index (κ2) is 8.14. The molecule has 196 valence electrons. The molecule has 2 aromatic heterocycles. The van der Waals surface area contributed by atoms with Crippen molar-refractivity contribution in [3.63, 3.8) is 0 Å². The highest BCUT2D eigenvalue weighted by Crippen LogP contribution is 3.02. The minimum absolute atomic E-state index is 0.0419. The molecule has 0 spiro atoms. The summed E-state index contributed by atoms with van der Waals surface area (Å²) in [4.78, 5) is 27.4. The van der Waals surface area contributed by atoms with E-state index in [1.54, 1.807) is 4.90 Å². The average molecular weight is 530 g/mol. The van der Waals surface area contributed by atoms with Crippen LogP contribution in [-0.4, -0.2) is 63.9 Å². The van der Waals surface area contributed by atoms with E-state index in [-0.39, 0.29) is 23.6 Å². The molecule has 2 fully saturated rings. The molecule has 0 radical (unpaired) electrons. The number of rotatable bonds is 4. The Morgan fingerprint density at radius 1 is 0.944 bits per heavy atom. The Morgan fingerprint density at radius 3 is 2.17 bits per heavy atom. The van der Waals surface area contributed by atoms with Gasteiger partial charge in [-0.25, -0.2) is 9.97 Å². The number of hydrogen-bond donors (Lipinski definition) is 1. The summed E-state index contributed by atoms with van der Waals surface area (Å²) in [5.41, 5.74) is 3.59. The van der Waals surface area contributed by atoms with Crippen molar-refractivity contribution in [2.75, 3.05) is 33.2 Å². The van der Waals surface area contributed by atoms with Gasteiger partial charge in [0.25, 0.3) is 5.91 Å². The fourth-order valence-electron chi connectivity index (χ4n) is 5.17. The molecule has 3 aromatic rings. The zero-order chi connectivity index (χ0) is 25.8. The fourth-order valence-corrected chi connectivity index (χ4v) is 5.82. The summed E-state index contributed by atoms with van der Waals surface area (Å²) in [7, 11) is -7.65. The molecule has 0 aliphatic carbocycles. The third-order valence-electron chi connectivity index (χ3n) is 7.33. The van der Waals surface area contributed by atoms with Gasteiger partial charge in [-0.3, -0.25) is 4.79 Å². The van der Waals surface area contributed by atoms with Crippen LogP contribution in [-0.2, 0) is 0 Å². The average Bonchev–Trinajstić information content (AvgIpc) is 3.26. The van der Waals surface area contributed by atoms with E-state index in [0.29, 0.717) is 31.8 Å². The first kappa shape index (κ1) is 24.9. The molecular formula is C24H28F5N5OS. The second-order valence-corrected chi connectivity index (χ2v) is 12.3. The predicted octanol–water partition coefficient (Wildman–Crippen LogP) is 6.44. The van der Waals surface area contributed by atoms with Crippen LogP contribution >= 0.6 is 10.2 Å². The highest BCUT2D eigenvalue weighted by molar-refractivity contribution is 8.45. The lowest BCUT2D eigenvalue weighted by atomic mass is 9.90.